The second-order valence-corrected chi connectivity index (χ2v) is 22.0. The Morgan fingerprint density at radius 1 is 0.485 bits per heavy atom. The number of ether oxygens (including phenoxy) is 4. The van der Waals surface area contributed by atoms with Crippen molar-refractivity contribution in [1.29, 1.82) is 0 Å². The van der Waals surface area contributed by atoms with Crippen molar-refractivity contribution in [3.05, 3.63) is 175 Å². The molecule has 0 saturated heterocycles. The van der Waals surface area contributed by atoms with Crippen molar-refractivity contribution in [3.63, 3.8) is 0 Å². The molecule has 0 aromatic heterocycles. The van der Waals surface area contributed by atoms with Crippen LogP contribution in [0.15, 0.2) is 97.1 Å². The second-order valence-electron chi connectivity index (χ2n) is 19.1. The van der Waals surface area contributed by atoms with Gasteiger partial charge < -0.3 is 23.5 Å². The fourth-order valence-corrected chi connectivity index (χ4v) is 13.4. The topological polar surface area (TPSA) is 122 Å². The normalized spacial score (nSPS) is 12.7. The van der Waals surface area contributed by atoms with E-state index in [-0.39, 0.29) is 79.2 Å². The number of carbonyl (C=O) groups is 4. The standard InChI is InChI=1S/C58H63O9P/c1-33-26-36(4)47(37(5)27-33)54(59)41-30-46(68(63,40-20-16-15-17-21-40)32-35(3)31-58(8,9)10)52(56(61)50-42(64-11)22-18-23-43(50)65-12)53(57(62)51-44(66-13)24-19-25-45(51)67-14)49(41)55(60)48-38(6)28-34(2)29-39(48)7/h15-30,35H,31-32H2,1-14H3. The second kappa shape index (κ2) is 20.3. The first-order valence-electron chi connectivity index (χ1n) is 22.7. The Morgan fingerprint density at radius 2 is 0.868 bits per heavy atom. The van der Waals surface area contributed by atoms with Crippen molar-refractivity contribution in [2.75, 3.05) is 34.6 Å². The van der Waals surface area contributed by atoms with Gasteiger partial charge in [-0.15, -0.1) is 0 Å². The van der Waals surface area contributed by atoms with E-state index in [0.717, 1.165) is 11.1 Å². The van der Waals surface area contributed by atoms with Gasteiger partial charge in [-0.1, -0.05) is 106 Å². The molecule has 2 atom stereocenters. The zero-order chi connectivity index (χ0) is 50.0. The summed E-state index contributed by atoms with van der Waals surface area (Å²) in [6.45, 7) is 19.4. The Morgan fingerprint density at radius 3 is 1.26 bits per heavy atom. The lowest BCUT2D eigenvalue weighted by Crippen LogP contribution is -2.33. The minimum atomic E-state index is -4.14. The van der Waals surface area contributed by atoms with Gasteiger partial charge in [0.15, 0.2) is 11.6 Å². The molecule has 6 rings (SSSR count). The van der Waals surface area contributed by atoms with Crippen LogP contribution >= 0.6 is 7.14 Å². The van der Waals surface area contributed by atoms with Crippen molar-refractivity contribution in [1.82, 2.24) is 0 Å². The molecule has 0 saturated carbocycles. The first-order chi connectivity index (χ1) is 32.1. The third kappa shape index (κ3) is 9.86. The summed E-state index contributed by atoms with van der Waals surface area (Å²) in [5, 5.41) is 0.347. The number of aryl methyl sites for hydroxylation is 6. The maximum atomic E-state index is 17.2. The summed E-state index contributed by atoms with van der Waals surface area (Å²) in [6, 6.07) is 27.5. The fourth-order valence-electron chi connectivity index (χ4n) is 10.1. The molecule has 0 fully saturated rings. The van der Waals surface area contributed by atoms with Gasteiger partial charge in [-0.05, 0) is 112 Å². The largest absolute Gasteiger partial charge is 0.496 e. The maximum absolute atomic E-state index is 17.2. The van der Waals surface area contributed by atoms with Gasteiger partial charge in [0.25, 0.3) is 0 Å². The number of rotatable bonds is 17. The average Bonchev–Trinajstić information content (AvgIpc) is 3.28. The number of carbonyl (C=O) groups excluding carboxylic acids is 4. The van der Waals surface area contributed by atoms with E-state index in [2.05, 4.69) is 20.8 Å². The van der Waals surface area contributed by atoms with Crippen molar-refractivity contribution in [3.8, 4) is 23.0 Å². The molecule has 354 valence electrons. The molecule has 6 aromatic rings. The highest BCUT2D eigenvalue weighted by Crippen LogP contribution is 2.51. The zero-order valence-corrected chi connectivity index (χ0v) is 42.7. The van der Waals surface area contributed by atoms with E-state index in [1.165, 1.54) is 34.5 Å². The summed E-state index contributed by atoms with van der Waals surface area (Å²) in [4.78, 5) is 65.0. The predicted molar refractivity (Wildman–Crippen MR) is 272 cm³/mol. The Labute approximate surface area is 401 Å². The molecule has 0 spiro atoms. The Kier molecular flexibility index (Phi) is 15.2. The third-order valence-electron chi connectivity index (χ3n) is 12.4. The summed E-state index contributed by atoms with van der Waals surface area (Å²) in [5.41, 5.74) is 3.19. The average molecular weight is 935 g/mol. The van der Waals surface area contributed by atoms with E-state index in [1.807, 2.05) is 65.0 Å². The van der Waals surface area contributed by atoms with Gasteiger partial charge in [-0.25, -0.2) is 0 Å². The van der Waals surface area contributed by atoms with E-state index in [9.17, 15) is 0 Å². The third-order valence-corrected chi connectivity index (χ3v) is 15.8. The van der Waals surface area contributed by atoms with Crippen LogP contribution in [0.4, 0.5) is 0 Å². The lowest BCUT2D eigenvalue weighted by molar-refractivity contribution is 0.0978. The van der Waals surface area contributed by atoms with Gasteiger partial charge in [-0.3, -0.25) is 19.2 Å². The van der Waals surface area contributed by atoms with Crippen LogP contribution < -0.4 is 29.6 Å². The summed E-state index contributed by atoms with van der Waals surface area (Å²) in [7, 11) is 1.48. The summed E-state index contributed by atoms with van der Waals surface area (Å²) < 4.78 is 40.5. The molecule has 0 aliphatic carbocycles. The van der Waals surface area contributed by atoms with Crippen molar-refractivity contribution >= 4 is 40.9 Å². The highest BCUT2D eigenvalue weighted by molar-refractivity contribution is 7.78. The number of hydrogen-bond donors (Lipinski definition) is 0. The Bertz CT molecular complexity index is 2920. The van der Waals surface area contributed by atoms with Gasteiger partial charge in [0.05, 0.1) is 28.4 Å². The van der Waals surface area contributed by atoms with Gasteiger partial charge in [0, 0.05) is 50.2 Å². The molecule has 68 heavy (non-hydrogen) atoms. The molecule has 0 aliphatic heterocycles. The van der Waals surface area contributed by atoms with E-state index in [1.54, 1.807) is 74.5 Å². The minimum absolute atomic E-state index is 0.0446. The van der Waals surface area contributed by atoms with Gasteiger partial charge in [0.2, 0.25) is 11.6 Å². The predicted octanol–water partition coefficient (Wildman–Crippen LogP) is 11.9. The van der Waals surface area contributed by atoms with Crippen LogP contribution in [-0.2, 0) is 4.57 Å². The van der Waals surface area contributed by atoms with E-state index in [4.69, 9.17) is 18.9 Å². The number of methoxy groups -OCH3 is 4. The van der Waals surface area contributed by atoms with Crippen LogP contribution in [-0.4, -0.2) is 57.7 Å². The minimum Gasteiger partial charge on any atom is -0.496 e. The monoisotopic (exact) mass is 934 g/mol. The molecule has 0 bridgehead atoms. The van der Waals surface area contributed by atoms with Gasteiger partial charge >= 0.3 is 0 Å². The van der Waals surface area contributed by atoms with Gasteiger partial charge in [0.1, 0.15) is 41.3 Å². The van der Waals surface area contributed by atoms with Gasteiger partial charge in [-0.2, -0.15) is 0 Å². The number of hydrogen-bond acceptors (Lipinski definition) is 9. The van der Waals surface area contributed by atoms with Crippen LogP contribution in [0.5, 0.6) is 23.0 Å². The lowest BCUT2D eigenvalue weighted by atomic mass is 9.79. The van der Waals surface area contributed by atoms with Crippen LogP contribution in [0, 0.1) is 52.9 Å². The van der Waals surface area contributed by atoms with E-state index < -0.39 is 35.8 Å². The molecule has 0 radical (unpaired) electrons. The van der Waals surface area contributed by atoms with Crippen LogP contribution in [0.25, 0.3) is 0 Å². The molecule has 10 heteroatoms. The van der Waals surface area contributed by atoms with Crippen LogP contribution in [0.2, 0.25) is 0 Å². The number of benzene rings is 6. The van der Waals surface area contributed by atoms with E-state index >= 15 is 23.7 Å². The summed E-state index contributed by atoms with van der Waals surface area (Å²) >= 11 is 0. The molecule has 0 N–H and O–H groups in total. The SMILES string of the molecule is COc1cccc(OC)c1C(=O)c1c(P(=O)(CC(C)CC(C)(C)C)c2ccccc2)cc(C(=O)c2c(C)cc(C)cc2C)c(C(=O)c2c(C)cc(C)cc2C)c1C(=O)c1c(OC)cccc1OC. The smallest absolute Gasteiger partial charge is 0.202 e. The van der Waals surface area contributed by atoms with Crippen LogP contribution in [0.1, 0.15) is 131 Å². The molecule has 0 aliphatic rings. The first kappa shape index (κ1) is 50.8. The molecule has 2 unspecified atom stereocenters. The van der Waals surface area contributed by atoms with Crippen molar-refractivity contribution < 1.29 is 42.7 Å². The lowest BCUT2D eigenvalue weighted by Gasteiger charge is -2.31. The molecule has 9 nitrogen and oxygen atoms in total. The van der Waals surface area contributed by atoms with Crippen molar-refractivity contribution in [2.45, 2.75) is 75.7 Å². The quantitative estimate of drug-likeness (QED) is 0.0650. The fraction of sp³-hybridized carbons (Fsp3) is 0.310. The number of ketones is 4. The summed E-state index contributed by atoms with van der Waals surface area (Å²) in [5.74, 6) is -2.76. The molecule has 0 amide bonds. The molecule has 6 aromatic carbocycles. The summed E-state index contributed by atoms with van der Waals surface area (Å²) in [6.07, 6.45) is 0.691. The highest BCUT2D eigenvalue weighted by atomic mass is 31.2. The molecular formula is C58H63O9P. The van der Waals surface area contributed by atoms with E-state index in [0.29, 0.717) is 39.5 Å². The highest BCUT2D eigenvalue weighted by Gasteiger charge is 2.43. The molecule has 0 heterocycles. The maximum Gasteiger partial charge on any atom is 0.202 e. The Hall–Kier alpha value is -6.57. The van der Waals surface area contributed by atoms with Crippen molar-refractivity contribution in [2.24, 2.45) is 11.3 Å². The molecular weight excluding hydrogens is 872 g/mol. The Balaban J connectivity index is 2.01. The zero-order valence-electron chi connectivity index (χ0n) is 41.9. The first-order valence-corrected chi connectivity index (χ1v) is 24.6. The van der Waals surface area contributed by atoms with Crippen LogP contribution in [0.3, 0.4) is 0 Å².